The molecule has 8 rings (SSSR count). The molecule has 7 aromatic rings. The first-order valence-electron chi connectivity index (χ1n) is 16.1. The zero-order valence-corrected chi connectivity index (χ0v) is 26.9. The highest BCUT2D eigenvalue weighted by molar-refractivity contribution is 6.65. The van der Waals surface area contributed by atoms with Gasteiger partial charge in [-0.3, -0.25) is 0 Å². The number of hydrogen-bond donors (Lipinski definition) is 0. The summed E-state index contributed by atoms with van der Waals surface area (Å²) in [6.45, 7) is 8.37. The number of rotatable bonds is 5. The van der Waals surface area contributed by atoms with Crippen molar-refractivity contribution in [2.75, 3.05) is 0 Å². The molecule has 6 heteroatoms. The molecular weight excluding hydrogens is 577 g/mol. The van der Waals surface area contributed by atoms with E-state index >= 15 is 0 Å². The molecule has 1 aliphatic heterocycles. The van der Waals surface area contributed by atoms with Crippen LogP contribution < -0.4 is 5.46 Å². The Hall–Kier alpha value is -5.17. The van der Waals surface area contributed by atoms with E-state index in [1.54, 1.807) is 0 Å². The summed E-state index contributed by atoms with van der Waals surface area (Å²) in [6, 6.07) is 45.9. The smallest absolute Gasteiger partial charge is 0.399 e. The molecule has 2 heterocycles. The van der Waals surface area contributed by atoms with Crippen molar-refractivity contribution in [3.63, 3.8) is 0 Å². The van der Waals surface area contributed by atoms with Crippen molar-refractivity contribution >= 4 is 34.1 Å². The third kappa shape index (κ3) is 5.11. The molecule has 0 unspecified atom stereocenters. The molecule has 0 amide bonds. The topological polar surface area (TPSA) is 57.1 Å². The number of aromatic nitrogens is 3. The van der Waals surface area contributed by atoms with Gasteiger partial charge in [0.1, 0.15) is 0 Å². The molecule has 1 aliphatic rings. The molecule has 1 aromatic heterocycles. The highest BCUT2D eigenvalue weighted by Crippen LogP contribution is 2.40. The fourth-order valence-corrected chi connectivity index (χ4v) is 6.39. The lowest BCUT2D eigenvalue weighted by Crippen LogP contribution is -2.41. The minimum Gasteiger partial charge on any atom is -0.399 e. The van der Waals surface area contributed by atoms with Crippen molar-refractivity contribution in [3.8, 4) is 45.3 Å². The van der Waals surface area contributed by atoms with Crippen LogP contribution in [0.15, 0.2) is 133 Å². The van der Waals surface area contributed by atoms with Gasteiger partial charge in [0.05, 0.1) is 11.2 Å². The largest absolute Gasteiger partial charge is 0.495 e. The summed E-state index contributed by atoms with van der Waals surface area (Å²) >= 11 is 0. The van der Waals surface area contributed by atoms with E-state index in [1.807, 2.05) is 60.7 Å². The van der Waals surface area contributed by atoms with Gasteiger partial charge in [0.25, 0.3) is 0 Å². The summed E-state index contributed by atoms with van der Waals surface area (Å²) < 4.78 is 13.0. The van der Waals surface area contributed by atoms with Gasteiger partial charge in [-0.15, -0.1) is 0 Å². The van der Waals surface area contributed by atoms with Gasteiger partial charge in [-0.1, -0.05) is 127 Å². The maximum atomic E-state index is 6.48. The van der Waals surface area contributed by atoms with Crippen LogP contribution in [0.1, 0.15) is 27.7 Å². The Balaban J connectivity index is 1.29. The van der Waals surface area contributed by atoms with E-state index in [1.165, 1.54) is 0 Å². The highest BCUT2D eigenvalue weighted by Gasteiger charge is 2.52. The molecule has 228 valence electrons. The predicted octanol–water partition coefficient (Wildman–Crippen LogP) is 9.15. The van der Waals surface area contributed by atoms with Gasteiger partial charge in [0.2, 0.25) is 0 Å². The molecule has 47 heavy (non-hydrogen) atoms. The van der Waals surface area contributed by atoms with Crippen LogP contribution >= 0.6 is 0 Å². The van der Waals surface area contributed by atoms with E-state index in [0.717, 1.165) is 54.8 Å². The molecule has 1 fully saturated rings. The van der Waals surface area contributed by atoms with Crippen molar-refractivity contribution in [1.82, 2.24) is 15.0 Å². The lowest BCUT2D eigenvalue weighted by Gasteiger charge is -2.32. The molecule has 0 saturated carbocycles. The van der Waals surface area contributed by atoms with E-state index in [2.05, 4.69) is 100 Å². The molecular formula is C41H34BN3O2. The van der Waals surface area contributed by atoms with Crippen LogP contribution in [0, 0.1) is 0 Å². The average molecular weight is 612 g/mol. The van der Waals surface area contributed by atoms with Crippen molar-refractivity contribution in [1.29, 1.82) is 0 Å². The minimum absolute atomic E-state index is 0.417. The standard InChI is InChI=1S/C41H34BN3O2/c1-40(2)41(3,4)47-42(46-40)36-26-25-33(30-20-13-14-22-34(30)36)32-23-24-35(31-21-12-11-19-29(31)32)39-44-37(27-15-7-5-8-16-27)43-38(45-39)28-17-9-6-10-18-28/h5-26H,1-4H3. The van der Waals surface area contributed by atoms with E-state index in [4.69, 9.17) is 24.3 Å². The Bertz CT molecular complexity index is 2200. The zero-order valence-electron chi connectivity index (χ0n) is 26.9. The number of hydrogen-bond acceptors (Lipinski definition) is 5. The Morgan fingerprint density at radius 3 is 1.32 bits per heavy atom. The summed E-state index contributed by atoms with van der Waals surface area (Å²) in [6.07, 6.45) is 0. The molecule has 0 atom stereocenters. The quantitative estimate of drug-likeness (QED) is 0.182. The number of fused-ring (bicyclic) bond motifs is 2. The summed E-state index contributed by atoms with van der Waals surface area (Å²) in [5, 5.41) is 4.47. The second-order valence-electron chi connectivity index (χ2n) is 13.1. The Morgan fingerprint density at radius 1 is 0.404 bits per heavy atom. The van der Waals surface area contributed by atoms with E-state index in [0.29, 0.717) is 17.5 Å². The molecule has 0 radical (unpaired) electrons. The van der Waals surface area contributed by atoms with Crippen molar-refractivity contribution in [3.05, 3.63) is 133 Å². The van der Waals surface area contributed by atoms with Gasteiger partial charge in [0.15, 0.2) is 17.5 Å². The van der Waals surface area contributed by atoms with Gasteiger partial charge in [0, 0.05) is 16.7 Å². The first-order chi connectivity index (χ1) is 22.8. The highest BCUT2D eigenvalue weighted by atomic mass is 16.7. The SMILES string of the molecule is CC1(C)OB(c2ccc(-c3ccc(-c4nc(-c5ccccc5)nc(-c5ccccc5)n4)c4ccccc34)c3ccccc23)OC1(C)C. The third-order valence-corrected chi connectivity index (χ3v) is 9.62. The summed E-state index contributed by atoms with van der Waals surface area (Å²) in [7, 11) is -0.445. The van der Waals surface area contributed by atoms with Crippen LogP contribution in [0.2, 0.25) is 0 Å². The van der Waals surface area contributed by atoms with Crippen molar-refractivity contribution < 1.29 is 9.31 Å². The van der Waals surface area contributed by atoms with Crippen molar-refractivity contribution in [2.24, 2.45) is 0 Å². The Labute approximate surface area is 275 Å². The first-order valence-corrected chi connectivity index (χ1v) is 16.1. The maximum absolute atomic E-state index is 6.48. The monoisotopic (exact) mass is 611 g/mol. The van der Waals surface area contributed by atoms with Crippen LogP contribution in [-0.4, -0.2) is 33.3 Å². The van der Waals surface area contributed by atoms with E-state index < -0.39 is 18.3 Å². The third-order valence-electron chi connectivity index (χ3n) is 9.62. The molecule has 0 bridgehead atoms. The normalized spacial score (nSPS) is 15.4. The summed E-state index contributed by atoms with van der Waals surface area (Å²) in [5.74, 6) is 1.93. The lowest BCUT2D eigenvalue weighted by atomic mass is 9.75. The van der Waals surface area contributed by atoms with Crippen LogP contribution in [-0.2, 0) is 9.31 Å². The maximum Gasteiger partial charge on any atom is 0.495 e. The fourth-order valence-electron chi connectivity index (χ4n) is 6.39. The van der Waals surface area contributed by atoms with Gasteiger partial charge in [-0.05, 0) is 71.9 Å². The second kappa shape index (κ2) is 11.3. The van der Waals surface area contributed by atoms with Crippen LogP contribution in [0.5, 0.6) is 0 Å². The van der Waals surface area contributed by atoms with E-state index in [9.17, 15) is 0 Å². The molecule has 0 N–H and O–H groups in total. The van der Waals surface area contributed by atoms with E-state index in [-0.39, 0.29) is 0 Å². The van der Waals surface area contributed by atoms with Crippen LogP contribution in [0.25, 0.3) is 66.8 Å². The summed E-state index contributed by atoms with van der Waals surface area (Å²) in [4.78, 5) is 15.0. The molecule has 0 aliphatic carbocycles. The first kappa shape index (κ1) is 29.3. The number of benzene rings is 6. The lowest BCUT2D eigenvalue weighted by molar-refractivity contribution is 0.00578. The number of nitrogens with zero attached hydrogens (tertiary/aromatic N) is 3. The summed E-state index contributed by atoms with van der Waals surface area (Å²) in [5.41, 5.74) is 5.34. The van der Waals surface area contributed by atoms with Gasteiger partial charge >= 0.3 is 7.12 Å². The van der Waals surface area contributed by atoms with Gasteiger partial charge in [-0.2, -0.15) is 0 Å². The average Bonchev–Trinajstić information content (AvgIpc) is 3.33. The molecule has 6 aromatic carbocycles. The molecule has 0 spiro atoms. The second-order valence-corrected chi connectivity index (χ2v) is 13.1. The van der Waals surface area contributed by atoms with Gasteiger partial charge in [-0.25, -0.2) is 15.0 Å². The molecule has 5 nitrogen and oxygen atoms in total. The van der Waals surface area contributed by atoms with Crippen LogP contribution in [0.4, 0.5) is 0 Å². The predicted molar refractivity (Wildman–Crippen MR) is 192 cm³/mol. The van der Waals surface area contributed by atoms with Gasteiger partial charge < -0.3 is 9.31 Å². The Kier molecular flexibility index (Phi) is 7.01. The fraction of sp³-hybridized carbons (Fsp3) is 0.146. The zero-order chi connectivity index (χ0) is 32.2. The molecule has 1 saturated heterocycles. The van der Waals surface area contributed by atoms with Crippen molar-refractivity contribution in [2.45, 2.75) is 38.9 Å². The van der Waals surface area contributed by atoms with Crippen LogP contribution in [0.3, 0.4) is 0 Å². The minimum atomic E-state index is -0.445. The Morgan fingerprint density at radius 2 is 0.787 bits per heavy atom.